The summed E-state index contributed by atoms with van der Waals surface area (Å²) in [5, 5.41) is 0. The second-order valence-electron chi connectivity index (χ2n) is 5.99. The molecule has 0 amide bonds. The average Bonchev–Trinajstić information content (AvgIpc) is 2.55. The van der Waals surface area contributed by atoms with Gasteiger partial charge in [-0.25, -0.2) is 4.39 Å². The molecule has 0 radical (unpaired) electrons. The molecule has 0 spiro atoms. The van der Waals surface area contributed by atoms with Crippen molar-refractivity contribution in [2.75, 3.05) is 31.1 Å². The number of hydrogen-bond acceptors (Lipinski definition) is 3. The number of halogens is 1. The van der Waals surface area contributed by atoms with Gasteiger partial charge in [-0.3, -0.25) is 4.90 Å². The molecule has 2 aliphatic heterocycles. The van der Waals surface area contributed by atoms with Gasteiger partial charge in [-0.05, 0) is 17.7 Å². The van der Waals surface area contributed by atoms with Crippen molar-refractivity contribution in [3.05, 3.63) is 59.9 Å². The third-order valence-electron chi connectivity index (χ3n) is 4.48. The van der Waals surface area contributed by atoms with Gasteiger partial charge in [-0.2, -0.15) is 0 Å². The van der Waals surface area contributed by atoms with E-state index in [1.54, 1.807) is 12.1 Å². The van der Waals surface area contributed by atoms with Crippen LogP contribution in [0.5, 0.6) is 5.75 Å². The Bertz CT molecular complexity index is 661. The molecule has 0 aliphatic carbocycles. The van der Waals surface area contributed by atoms with Crippen molar-refractivity contribution in [2.24, 2.45) is 0 Å². The first kappa shape index (κ1) is 13.6. The van der Waals surface area contributed by atoms with E-state index >= 15 is 0 Å². The van der Waals surface area contributed by atoms with Gasteiger partial charge in [-0.1, -0.05) is 30.3 Å². The molecule has 2 aliphatic rings. The van der Waals surface area contributed by atoms with Gasteiger partial charge in [0, 0.05) is 32.2 Å². The van der Waals surface area contributed by atoms with E-state index in [1.165, 1.54) is 11.6 Å². The molecule has 1 atom stereocenters. The third-order valence-corrected chi connectivity index (χ3v) is 4.48. The molecule has 1 fully saturated rings. The normalized spacial score (nSPS) is 21.0. The van der Waals surface area contributed by atoms with Crippen LogP contribution in [0.15, 0.2) is 48.5 Å². The summed E-state index contributed by atoms with van der Waals surface area (Å²) >= 11 is 0. The molecule has 0 N–H and O–H groups in total. The molecule has 3 nitrogen and oxygen atoms in total. The number of ether oxygens (including phenoxy) is 1. The Labute approximate surface area is 129 Å². The smallest absolute Gasteiger partial charge is 0.142 e. The Morgan fingerprint density at radius 1 is 1.09 bits per heavy atom. The molecular formula is C18H19FN2O. The van der Waals surface area contributed by atoms with Crippen LogP contribution in [0.3, 0.4) is 0 Å². The van der Waals surface area contributed by atoms with Gasteiger partial charge in [0.25, 0.3) is 0 Å². The van der Waals surface area contributed by atoms with Crippen LogP contribution < -0.4 is 9.64 Å². The molecule has 1 saturated heterocycles. The first-order valence-electron chi connectivity index (χ1n) is 7.75. The Morgan fingerprint density at radius 2 is 1.95 bits per heavy atom. The Kier molecular flexibility index (Phi) is 3.47. The predicted octanol–water partition coefficient (Wildman–Crippen LogP) is 2.91. The summed E-state index contributed by atoms with van der Waals surface area (Å²) in [7, 11) is 0. The number of hydrogen-bond donors (Lipinski definition) is 0. The van der Waals surface area contributed by atoms with Crippen molar-refractivity contribution in [3.8, 4) is 5.75 Å². The maximum atomic E-state index is 13.5. The minimum Gasteiger partial charge on any atom is -0.489 e. The Hall–Kier alpha value is -2.07. The van der Waals surface area contributed by atoms with Crippen molar-refractivity contribution in [1.29, 1.82) is 0 Å². The quantitative estimate of drug-likeness (QED) is 0.848. The fraction of sp³-hybridized carbons (Fsp3) is 0.333. The number of nitrogens with zero attached hydrogens (tertiary/aromatic N) is 2. The van der Waals surface area contributed by atoms with Gasteiger partial charge in [-0.15, -0.1) is 0 Å². The number of fused-ring (bicyclic) bond motifs is 3. The average molecular weight is 298 g/mol. The third kappa shape index (κ3) is 2.55. The number of anilines is 1. The molecule has 0 bridgehead atoms. The largest absolute Gasteiger partial charge is 0.489 e. The standard InChI is InChI=1S/C18H19FN2O/c19-15-6-7-18-17(10-15)21-9-8-20(12-16(21)13-22-18)11-14-4-2-1-3-5-14/h1-7,10,16H,8-9,11-13H2. The van der Waals surface area contributed by atoms with Gasteiger partial charge in [0.15, 0.2) is 0 Å². The van der Waals surface area contributed by atoms with E-state index in [4.69, 9.17) is 4.74 Å². The summed E-state index contributed by atoms with van der Waals surface area (Å²) in [5.41, 5.74) is 2.23. The van der Waals surface area contributed by atoms with Crippen LogP contribution in [-0.4, -0.2) is 37.2 Å². The highest BCUT2D eigenvalue weighted by atomic mass is 19.1. The van der Waals surface area contributed by atoms with Crippen LogP contribution in [0.25, 0.3) is 0 Å². The highest BCUT2D eigenvalue weighted by Crippen LogP contribution is 2.35. The van der Waals surface area contributed by atoms with Gasteiger partial charge in [0.2, 0.25) is 0 Å². The maximum Gasteiger partial charge on any atom is 0.142 e. The van der Waals surface area contributed by atoms with Crippen LogP contribution in [0.2, 0.25) is 0 Å². The Morgan fingerprint density at radius 3 is 2.82 bits per heavy atom. The van der Waals surface area contributed by atoms with E-state index in [9.17, 15) is 4.39 Å². The summed E-state index contributed by atoms with van der Waals surface area (Å²) in [6.07, 6.45) is 0. The van der Waals surface area contributed by atoms with E-state index in [0.717, 1.165) is 37.6 Å². The lowest BCUT2D eigenvalue weighted by atomic mass is 10.1. The minimum atomic E-state index is -0.199. The number of piperazine rings is 1. The molecule has 0 aromatic heterocycles. The minimum absolute atomic E-state index is 0.199. The monoisotopic (exact) mass is 298 g/mol. The van der Waals surface area contributed by atoms with Crippen molar-refractivity contribution < 1.29 is 9.13 Å². The van der Waals surface area contributed by atoms with Gasteiger partial charge < -0.3 is 9.64 Å². The fourth-order valence-corrected chi connectivity index (χ4v) is 3.39. The van der Waals surface area contributed by atoms with Crippen LogP contribution >= 0.6 is 0 Å². The zero-order chi connectivity index (χ0) is 14.9. The molecule has 1 unspecified atom stereocenters. The van der Waals surface area contributed by atoms with Crippen LogP contribution in [0.4, 0.5) is 10.1 Å². The molecule has 114 valence electrons. The van der Waals surface area contributed by atoms with E-state index in [1.807, 2.05) is 6.07 Å². The molecule has 22 heavy (non-hydrogen) atoms. The number of rotatable bonds is 2. The molecule has 4 rings (SSSR count). The van der Waals surface area contributed by atoms with Crippen molar-refractivity contribution in [2.45, 2.75) is 12.6 Å². The van der Waals surface area contributed by atoms with Gasteiger partial charge >= 0.3 is 0 Å². The lowest BCUT2D eigenvalue weighted by molar-refractivity contribution is 0.162. The van der Waals surface area contributed by atoms with Crippen LogP contribution in [0, 0.1) is 5.82 Å². The highest BCUT2D eigenvalue weighted by Gasteiger charge is 2.32. The molecular weight excluding hydrogens is 279 g/mol. The van der Waals surface area contributed by atoms with E-state index in [2.05, 4.69) is 34.1 Å². The summed E-state index contributed by atoms with van der Waals surface area (Å²) in [6, 6.07) is 15.6. The summed E-state index contributed by atoms with van der Waals surface area (Å²) in [5.74, 6) is 0.601. The molecule has 2 heterocycles. The van der Waals surface area contributed by atoms with E-state index < -0.39 is 0 Å². The lowest BCUT2D eigenvalue weighted by Crippen LogP contribution is -2.56. The van der Waals surface area contributed by atoms with Crippen molar-refractivity contribution in [3.63, 3.8) is 0 Å². The summed E-state index contributed by atoms with van der Waals surface area (Å²) < 4.78 is 19.3. The SMILES string of the molecule is Fc1ccc2c(c1)N1CCN(Cc3ccccc3)CC1CO2. The molecule has 2 aromatic carbocycles. The van der Waals surface area contributed by atoms with Crippen molar-refractivity contribution in [1.82, 2.24) is 4.90 Å². The molecule has 2 aromatic rings. The van der Waals surface area contributed by atoms with Crippen LogP contribution in [-0.2, 0) is 6.54 Å². The topological polar surface area (TPSA) is 15.7 Å². The van der Waals surface area contributed by atoms with Gasteiger partial charge in [0.05, 0.1) is 11.7 Å². The van der Waals surface area contributed by atoms with E-state index in [0.29, 0.717) is 12.6 Å². The van der Waals surface area contributed by atoms with Crippen LogP contribution in [0.1, 0.15) is 5.56 Å². The van der Waals surface area contributed by atoms with Gasteiger partial charge in [0.1, 0.15) is 18.2 Å². The first-order valence-corrected chi connectivity index (χ1v) is 7.75. The number of benzene rings is 2. The zero-order valence-electron chi connectivity index (χ0n) is 12.4. The highest BCUT2D eigenvalue weighted by molar-refractivity contribution is 5.61. The lowest BCUT2D eigenvalue weighted by Gasteiger charge is -2.45. The first-order chi connectivity index (χ1) is 10.8. The predicted molar refractivity (Wildman–Crippen MR) is 84.7 cm³/mol. The fourth-order valence-electron chi connectivity index (χ4n) is 3.39. The molecule has 4 heteroatoms. The Balaban J connectivity index is 1.49. The maximum absolute atomic E-state index is 13.5. The zero-order valence-corrected chi connectivity index (χ0v) is 12.4. The summed E-state index contributed by atoms with van der Waals surface area (Å²) in [4.78, 5) is 4.74. The van der Waals surface area contributed by atoms with E-state index in [-0.39, 0.29) is 5.82 Å². The summed E-state index contributed by atoms with van der Waals surface area (Å²) in [6.45, 7) is 4.48. The second-order valence-corrected chi connectivity index (χ2v) is 5.99. The molecule has 0 saturated carbocycles. The van der Waals surface area contributed by atoms with Crippen molar-refractivity contribution >= 4 is 5.69 Å². The second kappa shape index (κ2) is 5.61.